The Kier molecular flexibility index (Phi) is 6.05. The molecule has 6 rings (SSSR count). The van der Waals surface area contributed by atoms with E-state index in [0.717, 1.165) is 28.6 Å². The van der Waals surface area contributed by atoms with E-state index in [1.165, 1.54) is 38.5 Å². The number of nitrogens with two attached hydrogens (primary N) is 1. The summed E-state index contributed by atoms with van der Waals surface area (Å²) in [5.41, 5.74) is 6.14. The summed E-state index contributed by atoms with van der Waals surface area (Å²) in [4.78, 5) is 24.9. The van der Waals surface area contributed by atoms with E-state index in [2.05, 4.69) is 15.9 Å². The molecule has 0 radical (unpaired) electrons. The van der Waals surface area contributed by atoms with Crippen LogP contribution < -0.4 is 15.9 Å². The van der Waals surface area contributed by atoms with Gasteiger partial charge in [0.25, 0.3) is 5.91 Å². The summed E-state index contributed by atoms with van der Waals surface area (Å²) in [6.45, 7) is 2.25. The minimum Gasteiger partial charge on any atom is -0.491 e. The second-order valence-corrected chi connectivity index (χ2v) is 10.9. The van der Waals surface area contributed by atoms with E-state index in [1.54, 1.807) is 12.3 Å². The molecule has 0 atom stereocenters. The Bertz CT molecular complexity index is 1040. The second kappa shape index (κ2) is 8.82. The van der Waals surface area contributed by atoms with Crippen LogP contribution in [0.1, 0.15) is 48.9 Å². The molecular weight excluding hydrogens is 472 g/mol. The standard InChI is InChI=1S/C25H31BrN2O4/c26-4-6-31-7-5-28-14-20(24(27)30)23(29)19-2-1-3-21(22(19)28)32-15-25-11-16-8-17(12-25)10-18(9-16)13-25/h1-3,14,16-18H,4-13,15H2,(H2,27,30). The molecule has 4 bridgehead atoms. The maximum Gasteiger partial charge on any atom is 0.254 e. The number of ether oxygens (including phenoxy) is 2. The number of hydrogen-bond acceptors (Lipinski definition) is 4. The quantitative estimate of drug-likeness (QED) is 0.413. The Morgan fingerprint density at radius 3 is 2.44 bits per heavy atom. The van der Waals surface area contributed by atoms with Crippen molar-refractivity contribution in [2.75, 3.05) is 25.2 Å². The lowest BCUT2D eigenvalue weighted by molar-refractivity contribution is -0.0743. The molecule has 6 nitrogen and oxygen atoms in total. The Morgan fingerprint density at radius 1 is 1.12 bits per heavy atom. The number of hydrogen-bond donors (Lipinski definition) is 1. The number of primary amides is 1. The highest BCUT2D eigenvalue weighted by molar-refractivity contribution is 9.09. The molecule has 0 aliphatic heterocycles. The first-order valence-corrected chi connectivity index (χ1v) is 12.8. The molecule has 7 heteroatoms. The zero-order chi connectivity index (χ0) is 22.3. The molecule has 1 heterocycles. The highest BCUT2D eigenvalue weighted by Gasteiger charge is 2.51. The van der Waals surface area contributed by atoms with E-state index in [1.807, 2.05) is 16.7 Å². The Morgan fingerprint density at radius 2 is 1.81 bits per heavy atom. The molecule has 1 aromatic carbocycles. The predicted molar refractivity (Wildman–Crippen MR) is 127 cm³/mol. The fourth-order valence-corrected chi connectivity index (χ4v) is 7.14. The summed E-state index contributed by atoms with van der Waals surface area (Å²) < 4.78 is 14.0. The van der Waals surface area contributed by atoms with Crippen LogP contribution >= 0.6 is 15.9 Å². The normalized spacial score (nSPS) is 28.3. The molecule has 0 unspecified atom stereocenters. The summed E-state index contributed by atoms with van der Waals surface area (Å²) in [5.74, 6) is 2.57. The average molecular weight is 503 g/mol. The fraction of sp³-hybridized carbons (Fsp3) is 0.600. The van der Waals surface area contributed by atoms with Crippen LogP contribution in [-0.2, 0) is 11.3 Å². The summed E-state index contributed by atoms with van der Waals surface area (Å²) in [6, 6.07) is 5.51. The Hall–Kier alpha value is -1.86. The number of fused-ring (bicyclic) bond motifs is 1. The number of alkyl halides is 1. The maximum atomic E-state index is 13.0. The Balaban J connectivity index is 1.46. The van der Waals surface area contributed by atoms with Crippen molar-refractivity contribution in [1.82, 2.24) is 4.57 Å². The molecule has 0 spiro atoms. The smallest absolute Gasteiger partial charge is 0.254 e. The van der Waals surface area contributed by atoms with Gasteiger partial charge in [-0.2, -0.15) is 0 Å². The van der Waals surface area contributed by atoms with Crippen LogP contribution in [0.5, 0.6) is 5.75 Å². The van der Waals surface area contributed by atoms with Gasteiger partial charge in [-0.1, -0.05) is 22.0 Å². The molecule has 4 aliphatic carbocycles. The Labute approximate surface area is 196 Å². The number of carbonyl (C=O) groups is 1. The second-order valence-electron chi connectivity index (χ2n) is 10.1. The van der Waals surface area contributed by atoms with E-state index >= 15 is 0 Å². The van der Waals surface area contributed by atoms with E-state index in [0.29, 0.717) is 37.5 Å². The van der Waals surface area contributed by atoms with Crippen molar-refractivity contribution in [2.45, 2.75) is 45.1 Å². The highest BCUT2D eigenvalue weighted by atomic mass is 79.9. The summed E-state index contributed by atoms with van der Waals surface area (Å²) in [7, 11) is 0. The lowest BCUT2D eigenvalue weighted by Gasteiger charge is -2.56. The lowest BCUT2D eigenvalue weighted by atomic mass is 9.50. The number of amides is 1. The van der Waals surface area contributed by atoms with Crippen molar-refractivity contribution in [3.63, 3.8) is 0 Å². The van der Waals surface area contributed by atoms with Crippen LogP contribution in [0, 0.1) is 23.2 Å². The molecule has 2 aromatic rings. The minimum atomic E-state index is -0.716. The number of rotatable bonds is 9. The van der Waals surface area contributed by atoms with E-state index in [4.69, 9.17) is 15.2 Å². The van der Waals surface area contributed by atoms with Crippen molar-refractivity contribution >= 4 is 32.7 Å². The third-order valence-electron chi connectivity index (χ3n) is 7.72. The van der Waals surface area contributed by atoms with Crippen molar-refractivity contribution in [2.24, 2.45) is 28.9 Å². The highest BCUT2D eigenvalue weighted by Crippen LogP contribution is 2.60. The first kappa shape index (κ1) is 22.0. The van der Waals surface area contributed by atoms with Gasteiger partial charge in [-0.25, -0.2) is 0 Å². The molecule has 4 fully saturated rings. The van der Waals surface area contributed by atoms with Crippen LogP contribution in [0.2, 0.25) is 0 Å². The summed E-state index contributed by atoms with van der Waals surface area (Å²) >= 11 is 3.36. The zero-order valence-corrected chi connectivity index (χ0v) is 19.9. The number of benzene rings is 1. The molecular formula is C25H31BrN2O4. The van der Waals surface area contributed by atoms with Crippen molar-refractivity contribution in [3.05, 3.63) is 40.2 Å². The van der Waals surface area contributed by atoms with E-state index < -0.39 is 5.91 Å². The summed E-state index contributed by atoms with van der Waals surface area (Å²) in [6.07, 6.45) is 9.56. The molecule has 1 aromatic heterocycles. The number of nitrogens with zero attached hydrogens (tertiary/aromatic N) is 1. The van der Waals surface area contributed by atoms with Gasteiger partial charge < -0.3 is 19.8 Å². The average Bonchev–Trinajstić information content (AvgIpc) is 2.75. The van der Waals surface area contributed by atoms with Gasteiger partial charge in [0.1, 0.15) is 11.3 Å². The maximum absolute atomic E-state index is 13.0. The van der Waals surface area contributed by atoms with Crippen molar-refractivity contribution in [1.29, 1.82) is 0 Å². The van der Waals surface area contributed by atoms with Crippen LogP contribution in [0.3, 0.4) is 0 Å². The zero-order valence-electron chi connectivity index (χ0n) is 18.4. The first-order valence-electron chi connectivity index (χ1n) is 11.7. The SMILES string of the molecule is NC(=O)c1cn(CCOCCBr)c2c(OCC34CC5CC(CC(C5)C3)C4)cccc2c1=O. The van der Waals surface area contributed by atoms with Crippen LogP contribution in [0.25, 0.3) is 10.9 Å². The van der Waals surface area contributed by atoms with E-state index in [9.17, 15) is 9.59 Å². The molecule has 4 saturated carbocycles. The molecule has 4 aliphatic rings. The number of carbonyl (C=O) groups excluding carboxylic acids is 1. The van der Waals surface area contributed by atoms with Gasteiger partial charge in [0, 0.05) is 23.5 Å². The van der Waals surface area contributed by atoms with Gasteiger partial charge in [0.2, 0.25) is 5.43 Å². The third-order valence-corrected chi connectivity index (χ3v) is 8.05. The van der Waals surface area contributed by atoms with Gasteiger partial charge in [-0.15, -0.1) is 0 Å². The predicted octanol–water partition coefficient (Wildman–Crippen LogP) is 4.11. The van der Waals surface area contributed by atoms with Gasteiger partial charge in [0.15, 0.2) is 0 Å². The molecule has 1 amide bonds. The minimum absolute atomic E-state index is 0.00349. The van der Waals surface area contributed by atoms with Crippen LogP contribution in [0.4, 0.5) is 0 Å². The number of aromatic nitrogens is 1. The molecule has 2 N–H and O–H groups in total. The lowest BCUT2D eigenvalue weighted by Crippen LogP contribution is -2.48. The van der Waals surface area contributed by atoms with Crippen LogP contribution in [-0.4, -0.2) is 35.6 Å². The number of pyridine rings is 1. The molecule has 32 heavy (non-hydrogen) atoms. The van der Waals surface area contributed by atoms with Gasteiger partial charge in [0.05, 0.1) is 30.7 Å². The monoisotopic (exact) mass is 502 g/mol. The fourth-order valence-electron chi connectivity index (χ4n) is 6.91. The van der Waals surface area contributed by atoms with Crippen LogP contribution in [0.15, 0.2) is 29.2 Å². The number of para-hydroxylation sites is 1. The molecule has 172 valence electrons. The number of halogens is 1. The summed E-state index contributed by atoms with van der Waals surface area (Å²) in [5, 5.41) is 1.22. The van der Waals surface area contributed by atoms with E-state index in [-0.39, 0.29) is 16.4 Å². The topological polar surface area (TPSA) is 83.6 Å². The van der Waals surface area contributed by atoms with Gasteiger partial charge in [-0.05, 0) is 68.4 Å². The molecule has 0 saturated heterocycles. The van der Waals surface area contributed by atoms with Gasteiger partial charge >= 0.3 is 0 Å². The first-order chi connectivity index (χ1) is 15.5. The van der Waals surface area contributed by atoms with Crippen molar-refractivity contribution in [3.8, 4) is 5.75 Å². The van der Waals surface area contributed by atoms with Crippen molar-refractivity contribution < 1.29 is 14.3 Å². The third kappa shape index (κ3) is 4.10. The largest absolute Gasteiger partial charge is 0.491 e. The van der Waals surface area contributed by atoms with Gasteiger partial charge in [-0.3, -0.25) is 9.59 Å².